The van der Waals surface area contributed by atoms with Crippen molar-refractivity contribution in [1.29, 1.82) is 0 Å². The SMILES string of the molecule is CCNC(=NCC1(c2ccccc2F)CC1)N1CCC(OCC2CCCCO2)CC1.I. The lowest BCUT2D eigenvalue weighted by atomic mass is 9.95. The Kier molecular flexibility index (Phi) is 9.40. The second kappa shape index (κ2) is 11.8. The molecule has 7 heteroatoms. The Balaban J connectivity index is 0.00000272. The molecule has 5 nitrogen and oxygen atoms in total. The minimum atomic E-state index is -0.118. The molecule has 3 aliphatic rings. The Morgan fingerprint density at radius 2 is 2.00 bits per heavy atom. The highest BCUT2D eigenvalue weighted by Gasteiger charge is 2.46. The van der Waals surface area contributed by atoms with E-state index in [-0.39, 0.29) is 41.3 Å². The van der Waals surface area contributed by atoms with Crippen molar-refractivity contribution >= 4 is 29.9 Å². The second-order valence-corrected chi connectivity index (χ2v) is 8.94. The van der Waals surface area contributed by atoms with Crippen LogP contribution in [0.5, 0.6) is 0 Å². The number of piperidine rings is 1. The number of ether oxygens (including phenoxy) is 2. The zero-order chi connectivity index (χ0) is 20.8. The summed E-state index contributed by atoms with van der Waals surface area (Å²) in [7, 11) is 0. The molecule has 2 saturated heterocycles. The number of likely N-dealkylation sites (tertiary alicyclic amines) is 1. The topological polar surface area (TPSA) is 46.1 Å². The summed E-state index contributed by atoms with van der Waals surface area (Å²) >= 11 is 0. The van der Waals surface area contributed by atoms with Crippen molar-refractivity contribution in [1.82, 2.24) is 10.2 Å². The van der Waals surface area contributed by atoms with Crippen molar-refractivity contribution in [2.75, 3.05) is 39.4 Å². The summed E-state index contributed by atoms with van der Waals surface area (Å²) in [5, 5.41) is 3.44. The monoisotopic (exact) mass is 545 g/mol. The first-order chi connectivity index (χ1) is 14.7. The number of halogens is 2. The number of benzene rings is 1. The molecule has 0 amide bonds. The van der Waals surface area contributed by atoms with Gasteiger partial charge in [0.1, 0.15) is 5.82 Å². The number of nitrogens with one attached hydrogen (secondary N) is 1. The molecule has 0 bridgehead atoms. The van der Waals surface area contributed by atoms with Crippen LogP contribution in [0.4, 0.5) is 4.39 Å². The third-order valence-electron chi connectivity index (χ3n) is 6.70. The molecular weight excluding hydrogens is 508 g/mol. The number of hydrogen-bond donors (Lipinski definition) is 1. The van der Waals surface area contributed by atoms with Crippen molar-refractivity contribution in [2.24, 2.45) is 4.99 Å². The highest BCUT2D eigenvalue weighted by atomic mass is 127. The molecule has 2 aliphatic heterocycles. The quantitative estimate of drug-likeness (QED) is 0.312. The fourth-order valence-corrected chi connectivity index (χ4v) is 4.62. The summed E-state index contributed by atoms with van der Waals surface area (Å²) in [5.41, 5.74) is 0.703. The Bertz CT molecular complexity index is 715. The van der Waals surface area contributed by atoms with Crippen LogP contribution in [0.3, 0.4) is 0 Å². The molecule has 4 rings (SSSR count). The maximum absolute atomic E-state index is 14.3. The molecular formula is C24H37FIN3O2. The van der Waals surface area contributed by atoms with Gasteiger partial charge in [0, 0.05) is 31.7 Å². The predicted molar refractivity (Wildman–Crippen MR) is 133 cm³/mol. The second-order valence-electron chi connectivity index (χ2n) is 8.94. The molecule has 1 saturated carbocycles. The first-order valence-electron chi connectivity index (χ1n) is 11.7. The Morgan fingerprint density at radius 3 is 2.65 bits per heavy atom. The number of hydrogen-bond acceptors (Lipinski definition) is 3. The van der Waals surface area contributed by atoms with Gasteiger partial charge in [0.05, 0.1) is 25.4 Å². The van der Waals surface area contributed by atoms with Gasteiger partial charge in [-0.1, -0.05) is 18.2 Å². The molecule has 1 aliphatic carbocycles. The Morgan fingerprint density at radius 1 is 1.23 bits per heavy atom. The van der Waals surface area contributed by atoms with Crippen molar-refractivity contribution in [2.45, 2.75) is 69.5 Å². The summed E-state index contributed by atoms with van der Waals surface area (Å²) < 4.78 is 26.2. The molecule has 2 heterocycles. The maximum atomic E-state index is 14.3. The van der Waals surface area contributed by atoms with Gasteiger partial charge in [0.15, 0.2) is 5.96 Å². The molecule has 1 unspecified atom stereocenters. The Labute approximate surface area is 203 Å². The zero-order valence-electron chi connectivity index (χ0n) is 18.7. The summed E-state index contributed by atoms with van der Waals surface area (Å²) in [6.07, 6.45) is 8.19. The molecule has 0 radical (unpaired) electrons. The molecule has 3 fully saturated rings. The molecule has 1 N–H and O–H groups in total. The normalized spacial score (nSPS) is 23.9. The summed E-state index contributed by atoms with van der Waals surface area (Å²) in [6.45, 7) is 7.06. The third-order valence-corrected chi connectivity index (χ3v) is 6.70. The lowest BCUT2D eigenvalue weighted by molar-refractivity contribution is -0.0721. The van der Waals surface area contributed by atoms with Crippen LogP contribution in [-0.4, -0.2) is 62.5 Å². The van der Waals surface area contributed by atoms with Gasteiger partial charge in [-0.15, -0.1) is 24.0 Å². The Hall–Kier alpha value is -0.930. The molecule has 0 aromatic heterocycles. The minimum absolute atomic E-state index is 0. The van der Waals surface area contributed by atoms with Gasteiger partial charge >= 0.3 is 0 Å². The van der Waals surface area contributed by atoms with E-state index in [4.69, 9.17) is 14.5 Å². The standard InChI is InChI=1S/C24H36FN3O2.HI/c1-2-26-23(27-18-24(12-13-24)21-8-3-4-9-22(21)25)28-14-10-19(11-15-28)30-17-20-7-5-6-16-29-20;/h3-4,8-9,19-20H,2,5-7,10-18H2,1H3,(H,26,27);1H. The van der Waals surface area contributed by atoms with E-state index in [2.05, 4.69) is 17.1 Å². The van der Waals surface area contributed by atoms with Gasteiger partial charge < -0.3 is 19.7 Å². The molecule has 0 spiro atoms. The van der Waals surface area contributed by atoms with E-state index >= 15 is 0 Å². The van der Waals surface area contributed by atoms with Crippen LogP contribution in [-0.2, 0) is 14.9 Å². The fraction of sp³-hybridized carbons (Fsp3) is 0.708. The van der Waals surface area contributed by atoms with Crippen molar-refractivity contribution < 1.29 is 13.9 Å². The van der Waals surface area contributed by atoms with Crippen LogP contribution >= 0.6 is 24.0 Å². The summed E-state index contributed by atoms with van der Waals surface area (Å²) in [4.78, 5) is 7.27. The first-order valence-corrected chi connectivity index (χ1v) is 11.7. The number of rotatable bonds is 7. The van der Waals surface area contributed by atoms with Crippen LogP contribution in [0.15, 0.2) is 29.3 Å². The minimum Gasteiger partial charge on any atom is -0.376 e. The van der Waals surface area contributed by atoms with Gasteiger partial charge in [-0.05, 0) is 63.5 Å². The highest BCUT2D eigenvalue weighted by molar-refractivity contribution is 14.0. The van der Waals surface area contributed by atoms with Gasteiger partial charge in [-0.3, -0.25) is 4.99 Å². The first kappa shape index (κ1) is 24.7. The number of nitrogens with zero attached hydrogens (tertiary/aromatic N) is 2. The highest BCUT2D eigenvalue weighted by Crippen LogP contribution is 2.49. The summed E-state index contributed by atoms with van der Waals surface area (Å²) in [6, 6.07) is 7.17. The van der Waals surface area contributed by atoms with Gasteiger partial charge in [0.2, 0.25) is 0 Å². The lowest BCUT2D eigenvalue weighted by Crippen LogP contribution is -2.47. The largest absolute Gasteiger partial charge is 0.376 e. The zero-order valence-corrected chi connectivity index (χ0v) is 21.0. The fourth-order valence-electron chi connectivity index (χ4n) is 4.62. The van der Waals surface area contributed by atoms with Crippen LogP contribution in [0.1, 0.15) is 57.4 Å². The van der Waals surface area contributed by atoms with E-state index in [9.17, 15) is 4.39 Å². The van der Waals surface area contributed by atoms with E-state index in [0.717, 1.165) is 76.5 Å². The van der Waals surface area contributed by atoms with Crippen molar-refractivity contribution in [3.8, 4) is 0 Å². The molecule has 1 aromatic carbocycles. The van der Waals surface area contributed by atoms with E-state index in [1.807, 2.05) is 12.1 Å². The average Bonchev–Trinajstić information content (AvgIpc) is 3.57. The molecule has 31 heavy (non-hydrogen) atoms. The van der Waals surface area contributed by atoms with Crippen LogP contribution < -0.4 is 5.32 Å². The average molecular weight is 545 g/mol. The number of aliphatic imine (C=N–C) groups is 1. The molecule has 174 valence electrons. The van der Waals surface area contributed by atoms with Crippen LogP contribution in [0, 0.1) is 5.82 Å². The predicted octanol–water partition coefficient (Wildman–Crippen LogP) is 4.49. The lowest BCUT2D eigenvalue weighted by Gasteiger charge is -2.35. The van der Waals surface area contributed by atoms with Crippen LogP contribution in [0.2, 0.25) is 0 Å². The summed E-state index contributed by atoms with van der Waals surface area (Å²) in [5.74, 6) is 0.851. The van der Waals surface area contributed by atoms with E-state index in [0.29, 0.717) is 12.6 Å². The van der Waals surface area contributed by atoms with Crippen molar-refractivity contribution in [3.63, 3.8) is 0 Å². The van der Waals surface area contributed by atoms with E-state index in [1.165, 1.54) is 12.8 Å². The van der Waals surface area contributed by atoms with Gasteiger partial charge in [-0.25, -0.2) is 4.39 Å². The van der Waals surface area contributed by atoms with Gasteiger partial charge in [0.25, 0.3) is 0 Å². The van der Waals surface area contributed by atoms with E-state index in [1.54, 1.807) is 12.1 Å². The smallest absolute Gasteiger partial charge is 0.193 e. The molecule has 1 aromatic rings. The number of guanidine groups is 1. The van der Waals surface area contributed by atoms with Crippen LogP contribution in [0.25, 0.3) is 0 Å². The van der Waals surface area contributed by atoms with E-state index < -0.39 is 0 Å². The molecule has 1 atom stereocenters. The van der Waals surface area contributed by atoms with Gasteiger partial charge in [-0.2, -0.15) is 0 Å². The maximum Gasteiger partial charge on any atom is 0.193 e. The third kappa shape index (κ3) is 6.54. The van der Waals surface area contributed by atoms with Crippen molar-refractivity contribution in [3.05, 3.63) is 35.6 Å².